The number of aliphatic hydroxyl groups excluding tert-OH is 1. The summed E-state index contributed by atoms with van der Waals surface area (Å²) < 4.78 is 5.40. The van der Waals surface area contributed by atoms with Gasteiger partial charge < -0.3 is 14.4 Å². The van der Waals surface area contributed by atoms with Gasteiger partial charge in [-0.2, -0.15) is 0 Å². The number of piperidine rings is 2. The highest BCUT2D eigenvalue weighted by atomic mass is 16.3. The van der Waals surface area contributed by atoms with E-state index in [1.807, 2.05) is 12.1 Å². The van der Waals surface area contributed by atoms with E-state index in [0.717, 1.165) is 44.7 Å². The van der Waals surface area contributed by atoms with E-state index in [4.69, 9.17) is 4.42 Å². The maximum atomic E-state index is 12.8. The summed E-state index contributed by atoms with van der Waals surface area (Å²) in [6.07, 6.45) is 10.6. The lowest BCUT2D eigenvalue weighted by Crippen LogP contribution is -2.55. The molecule has 2 aromatic rings. The fourth-order valence-corrected chi connectivity index (χ4v) is 4.64. The largest absolute Gasteiger partial charge is 0.465 e. The Morgan fingerprint density at radius 2 is 2.21 bits per heavy atom. The molecule has 4 heterocycles. The SMILES string of the molecule is C/C(=C\c1ccco1)CN1CCC2(CC1)CC(O)CN(C(=O)c1cnccn1)C2. The van der Waals surface area contributed by atoms with Crippen LogP contribution in [0.15, 0.2) is 47.0 Å². The predicted octanol–water partition coefficient (Wildman–Crippen LogP) is 2.46. The van der Waals surface area contributed by atoms with Crippen molar-refractivity contribution in [3.63, 3.8) is 0 Å². The van der Waals surface area contributed by atoms with Crippen molar-refractivity contribution < 1.29 is 14.3 Å². The summed E-state index contributed by atoms with van der Waals surface area (Å²) >= 11 is 0. The van der Waals surface area contributed by atoms with Crippen molar-refractivity contribution in [3.05, 3.63) is 54.0 Å². The summed E-state index contributed by atoms with van der Waals surface area (Å²) in [6, 6.07) is 3.85. The number of aromatic nitrogens is 2. The molecule has 154 valence electrons. The molecule has 7 heteroatoms. The molecule has 1 spiro atoms. The molecule has 1 amide bonds. The first-order valence-electron chi connectivity index (χ1n) is 10.2. The Morgan fingerprint density at radius 1 is 1.38 bits per heavy atom. The van der Waals surface area contributed by atoms with Crippen LogP contribution in [0.4, 0.5) is 0 Å². The summed E-state index contributed by atoms with van der Waals surface area (Å²) in [5, 5.41) is 10.5. The number of nitrogens with zero attached hydrogens (tertiary/aromatic N) is 4. The lowest BCUT2D eigenvalue weighted by Gasteiger charge is -2.49. The molecule has 1 unspecified atom stereocenters. The van der Waals surface area contributed by atoms with Crippen molar-refractivity contribution in [2.24, 2.45) is 5.41 Å². The molecule has 1 atom stereocenters. The van der Waals surface area contributed by atoms with Crippen LogP contribution in [-0.2, 0) is 0 Å². The van der Waals surface area contributed by atoms with Crippen LogP contribution in [0.3, 0.4) is 0 Å². The number of carbonyl (C=O) groups excluding carboxylic acids is 1. The number of amides is 1. The predicted molar refractivity (Wildman–Crippen MR) is 109 cm³/mol. The summed E-state index contributed by atoms with van der Waals surface area (Å²) in [5.41, 5.74) is 1.58. The topological polar surface area (TPSA) is 82.7 Å². The van der Waals surface area contributed by atoms with Crippen LogP contribution in [-0.4, -0.2) is 69.6 Å². The zero-order valence-electron chi connectivity index (χ0n) is 16.8. The maximum Gasteiger partial charge on any atom is 0.274 e. The molecule has 0 saturated carbocycles. The Bertz CT molecular complexity index is 842. The van der Waals surface area contributed by atoms with Crippen molar-refractivity contribution in [2.45, 2.75) is 32.3 Å². The standard InChI is InChI=1S/C22H28N4O3/c1-17(11-19-3-2-10-29-19)14-25-8-4-22(5-9-25)12-18(27)15-26(16-22)21(28)20-13-23-6-7-24-20/h2-3,6-7,10-11,13,18,27H,4-5,8-9,12,14-16H2,1H3/b17-11+. The van der Waals surface area contributed by atoms with Gasteiger partial charge in [0.1, 0.15) is 11.5 Å². The lowest BCUT2D eigenvalue weighted by molar-refractivity contribution is -0.0318. The number of furan rings is 1. The van der Waals surface area contributed by atoms with Crippen molar-refractivity contribution in [1.29, 1.82) is 0 Å². The van der Waals surface area contributed by atoms with E-state index in [9.17, 15) is 9.90 Å². The van der Waals surface area contributed by atoms with Gasteiger partial charge >= 0.3 is 0 Å². The van der Waals surface area contributed by atoms with Crippen molar-refractivity contribution in [1.82, 2.24) is 19.8 Å². The van der Waals surface area contributed by atoms with Gasteiger partial charge in [0.15, 0.2) is 0 Å². The minimum Gasteiger partial charge on any atom is -0.465 e. The molecule has 29 heavy (non-hydrogen) atoms. The van der Waals surface area contributed by atoms with Crippen LogP contribution < -0.4 is 0 Å². The fourth-order valence-electron chi connectivity index (χ4n) is 4.64. The lowest BCUT2D eigenvalue weighted by atomic mass is 9.71. The van der Waals surface area contributed by atoms with E-state index in [1.165, 1.54) is 18.0 Å². The number of aliphatic hydroxyl groups is 1. The molecule has 1 N–H and O–H groups in total. The van der Waals surface area contributed by atoms with Crippen molar-refractivity contribution in [2.75, 3.05) is 32.7 Å². The zero-order chi connectivity index (χ0) is 20.3. The number of carbonyl (C=O) groups is 1. The second kappa shape index (κ2) is 8.47. The molecular formula is C22H28N4O3. The summed E-state index contributed by atoms with van der Waals surface area (Å²) in [7, 11) is 0. The molecule has 2 aliphatic heterocycles. The first-order valence-corrected chi connectivity index (χ1v) is 10.2. The van der Waals surface area contributed by atoms with Gasteiger partial charge in [0, 0.05) is 32.0 Å². The van der Waals surface area contributed by atoms with Gasteiger partial charge in [0.25, 0.3) is 5.91 Å². The highest BCUT2D eigenvalue weighted by Gasteiger charge is 2.43. The van der Waals surface area contributed by atoms with Crippen LogP contribution in [0.2, 0.25) is 0 Å². The van der Waals surface area contributed by atoms with E-state index in [0.29, 0.717) is 18.8 Å². The normalized spacial score (nSPS) is 22.8. The Hall–Kier alpha value is -2.51. The third-order valence-corrected chi connectivity index (χ3v) is 6.02. The molecule has 0 radical (unpaired) electrons. The monoisotopic (exact) mass is 396 g/mol. The van der Waals surface area contributed by atoms with Crippen molar-refractivity contribution in [3.8, 4) is 0 Å². The number of β-amino-alcohol motifs (C(OH)–C–C–N with tert-alkyl or cyclic N) is 1. The highest BCUT2D eigenvalue weighted by molar-refractivity contribution is 5.92. The fraction of sp³-hybridized carbons (Fsp3) is 0.500. The maximum absolute atomic E-state index is 12.8. The van der Waals surface area contributed by atoms with Gasteiger partial charge in [0.05, 0.1) is 18.6 Å². The Morgan fingerprint density at radius 3 is 2.90 bits per heavy atom. The van der Waals surface area contributed by atoms with Crippen LogP contribution in [0.25, 0.3) is 6.08 Å². The van der Waals surface area contributed by atoms with Crippen LogP contribution >= 0.6 is 0 Å². The number of hydrogen-bond donors (Lipinski definition) is 1. The summed E-state index contributed by atoms with van der Waals surface area (Å²) in [4.78, 5) is 25.1. The smallest absolute Gasteiger partial charge is 0.274 e. The van der Waals surface area contributed by atoms with E-state index in [1.54, 1.807) is 17.4 Å². The van der Waals surface area contributed by atoms with E-state index < -0.39 is 6.10 Å². The third-order valence-electron chi connectivity index (χ3n) is 6.02. The van der Waals surface area contributed by atoms with Crippen LogP contribution in [0.1, 0.15) is 42.4 Å². The molecule has 2 saturated heterocycles. The third kappa shape index (κ3) is 4.74. The Kier molecular flexibility index (Phi) is 5.78. The molecule has 0 aromatic carbocycles. The van der Waals surface area contributed by atoms with Crippen molar-refractivity contribution >= 4 is 12.0 Å². The summed E-state index contributed by atoms with van der Waals surface area (Å²) in [5.74, 6) is 0.737. The first-order chi connectivity index (χ1) is 14.0. The molecule has 4 rings (SSSR count). The molecule has 2 aromatic heterocycles. The van der Waals surface area contributed by atoms with Gasteiger partial charge in [-0.15, -0.1) is 0 Å². The van der Waals surface area contributed by atoms with Gasteiger partial charge in [0.2, 0.25) is 0 Å². The number of rotatable bonds is 4. The quantitative estimate of drug-likeness (QED) is 0.855. The first kappa shape index (κ1) is 19.8. The molecular weight excluding hydrogens is 368 g/mol. The molecule has 0 bridgehead atoms. The van der Waals surface area contributed by atoms with E-state index >= 15 is 0 Å². The average Bonchev–Trinajstić information content (AvgIpc) is 3.22. The average molecular weight is 396 g/mol. The second-order valence-corrected chi connectivity index (χ2v) is 8.42. The van der Waals surface area contributed by atoms with Crippen LogP contribution in [0.5, 0.6) is 0 Å². The van der Waals surface area contributed by atoms with Crippen LogP contribution in [0, 0.1) is 5.41 Å². The molecule has 2 fully saturated rings. The minimum atomic E-state index is -0.489. The highest BCUT2D eigenvalue weighted by Crippen LogP contribution is 2.40. The van der Waals surface area contributed by atoms with Gasteiger partial charge in [-0.05, 0) is 62.9 Å². The number of likely N-dealkylation sites (tertiary alicyclic amines) is 2. The molecule has 0 aliphatic carbocycles. The second-order valence-electron chi connectivity index (χ2n) is 8.42. The van der Waals surface area contributed by atoms with Gasteiger partial charge in [-0.25, -0.2) is 4.98 Å². The van der Waals surface area contributed by atoms with Gasteiger partial charge in [-0.3, -0.25) is 14.7 Å². The molecule has 7 nitrogen and oxygen atoms in total. The number of hydrogen-bond acceptors (Lipinski definition) is 6. The van der Waals surface area contributed by atoms with Gasteiger partial charge in [-0.1, -0.05) is 5.57 Å². The van der Waals surface area contributed by atoms with E-state index in [-0.39, 0.29) is 11.3 Å². The Labute approximate surface area is 171 Å². The minimum absolute atomic E-state index is 0.0231. The van der Waals surface area contributed by atoms with E-state index in [2.05, 4.69) is 27.9 Å². The summed E-state index contributed by atoms with van der Waals surface area (Å²) in [6.45, 7) is 5.99. The zero-order valence-corrected chi connectivity index (χ0v) is 16.8. The Balaban J connectivity index is 1.37. The molecule has 2 aliphatic rings.